The van der Waals surface area contributed by atoms with Gasteiger partial charge in [0.15, 0.2) is 0 Å². The van der Waals surface area contributed by atoms with Gasteiger partial charge in [-0.25, -0.2) is 8.78 Å². The number of likely N-dealkylation sites (tertiary alicyclic amines) is 1. The monoisotopic (exact) mass is 298 g/mol. The average Bonchev–Trinajstić information content (AvgIpc) is 2.49. The standard InChI is InChI=1S/C16H24F2N2O/c1-10-6-16(18)14(8-15(10)17)11(2)20-5-4-13(21-3)7-12(20)9-19/h6,8,11-13H,4-5,7,9,19H2,1-3H3. The zero-order chi connectivity index (χ0) is 15.6. The van der Waals surface area contributed by atoms with Gasteiger partial charge in [-0.1, -0.05) is 0 Å². The van der Waals surface area contributed by atoms with Crippen molar-refractivity contribution in [1.29, 1.82) is 0 Å². The number of aryl methyl sites for hydroxylation is 1. The molecule has 1 heterocycles. The fourth-order valence-electron chi connectivity index (χ4n) is 3.15. The molecule has 3 unspecified atom stereocenters. The van der Waals surface area contributed by atoms with Gasteiger partial charge in [0.25, 0.3) is 0 Å². The molecule has 0 amide bonds. The van der Waals surface area contributed by atoms with Crippen LogP contribution >= 0.6 is 0 Å². The molecular weight excluding hydrogens is 274 g/mol. The Morgan fingerprint density at radius 3 is 2.71 bits per heavy atom. The van der Waals surface area contributed by atoms with Gasteiger partial charge in [-0.05, 0) is 44.4 Å². The van der Waals surface area contributed by atoms with Crippen molar-refractivity contribution in [2.24, 2.45) is 5.73 Å². The fourth-order valence-corrected chi connectivity index (χ4v) is 3.15. The summed E-state index contributed by atoms with van der Waals surface area (Å²) < 4.78 is 33.3. The Kier molecular flexibility index (Phi) is 5.30. The summed E-state index contributed by atoms with van der Waals surface area (Å²) in [7, 11) is 1.70. The minimum atomic E-state index is -0.366. The van der Waals surface area contributed by atoms with E-state index in [1.807, 2.05) is 6.92 Å². The second kappa shape index (κ2) is 6.81. The molecule has 3 atom stereocenters. The maximum absolute atomic E-state index is 14.2. The Morgan fingerprint density at radius 1 is 1.38 bits per heavy atom. The molecule has 1 aliphatic rings. The summed E-state index contributed by atoms with van der Waals surface area (Å²) in [5.41, 5.74) is 6.58. The van der Waals surface area contributed by atoms with E-state index in [0.29, 0.717) is 17.7 Å². The van der Waals surface area contributed by atoms with Crippen LogP contribution in [-0.2, 0) is 4.74 Å². The Balaban J connectivity index is 2.22. The Labute approximate surface area is 125 Å². The third kappa shape index (κ3) is 3.42. The number of piperidine rings is 1. The molecule has 21 heavy (non-hydrogen) atoms. The molecule has 1 aromatic rings. The predicted molar refractivity (Wildman–Crippen MR) is 79.1 cm³/mol. The third-order valence-corrected chi connectivity index (χ3v) is 4.54. The SMILES string of the molecule is COC1CCN(C(C)c2cc(F)c(C)cc2F)C(CN)C1. The zero-order valence-electron chi connectivity index (χ0n) is 12.9. The van der Waals surface area contributed by atoms with Crippen molar-refractivity contribution in [3.63, 3.8) is 0 Å². The quantitative estimate of drug-likeness (QED) is 0.929. The lowest BCUT2D eigenvalue weighted by molar-refractivity contribution is -0.00220. The minimum absolute atomic E-state index is 0.127. The van der Waals surface area contributed by atoms with E-state index in [4.69, 9.17) is 10.5 Å². The molecule has 1 aliphatic heterocycles. The molecule has 1 fully saturated rings. The Bertz CT molecular complexity index is 495. The van der Waals surface area contributed by atoms with Crippen molar-refractivity contribution in [1.82, 2.24) is 4.90 Å². The van der Waals surface area contributed by atoms with Gasteiger partial charge in [0.05, 0.1) is 6.10 Å². The molecule has 0 radical (unpaired) electrons. The van der Waals surface area contributed by atoms with Crippen LogP contribution in [-0.4, -0.2) is 37.2 Å². The van der Waals surface area contributed by atoms with E-state index in [0.717, 1.165) is 19.4 Å². The molecule has 1 aromatic carbocycles. The van der Waals surface area contributed by atoms with Crippen molar-refractivity contribution in [3.8, 4) is 0 Å². The molecule has 0 bridgehead atoms. The zero-order valence-corrected chi connectivity index (χ0v) is 12.9. The van der Waals surface area contributed by atoms with E-state index < -0.39 is 0 Å². The Hall–Kier alpha value is -1.04. The Morgan fingerprint density at radius 2 is 2.10 bits per heavy atom. The number of rotatable bonds is 4. The lowest BCUT2D eigenvalue weighted by atomic mass is 9.94. The van der Waals surface area contributed by atoms with Crippen LogP contribution in [0.1, 0.15) is 36.9 Å². The van der Waals surface area contributed by atoms with E-state index in [-0.39, 0.29) is 29.8 Å². The molecule has 0 aromatic heterocycles. The lowest BCUT2D eigenvalue weighted by Crippen LogP contribution is -2.49. The van der Waals surface area contributed by atoms with E-state index in [9.17, 15) is 8.78 Å². The summed E-state index contributed by atoms with van der Waals surface area (Å²) in [6.45, 7) is 4.74. The maximum atomic E-state index is 14.2. The van der Waals surface area contributed by atoms with Crippen molar-refractivity contribution < 1.29 is 13.5 Å². The van der Waals surface area contributed by atoms with Crippen LogP contribution in [0.4, 0.5) is 8.78 Å². The second-order valence-electron chi connectivity index (χ2n) is 5.81. The summed E-state index contributed by atoms with van der Waals surface area (Å²) in [6, 6.07) is 2.50. The van der Waals surface area contributed by atoms with Crippen molar-refractivity contribution in [2.45, 2.75) is 44.9 Å². The number of hydrogen-bond acceptors (Lipinski definition) is 3. The van der Waals surface area contributed by atoms with Gasteiger partial charge in [-0.15, -0.1) is 0 Å². The van der Waals surface area contributed by atoms with Gasteiger partial charge in [-0.2, -0.15) is 0 Å². The summed E-state index contributed by atoms with van der Waals surface area (Å²) in [6.07, 6.45) is 1.90. The maximum Gasteiger partial charge on any atom is 0.128 e. The van der Waals surface area contributed by atoms with Crippen LogP contribution in [0, 0.1) is 18.6 Å². The van der Waals surface area contributed by atoms with Crippen LogP contribution in [0.2, 0.25) is 0 Å². The highest BCUT2D eigenvalue weighted by molar-refractivity contribution is 5.27. The van der Waals surface area contributed by atoms with E-state index in [2.05, 4.69) is 4.90 Å². The lowest BCUT2D eigenvalue weighted by Gasteiger charge is -2.42. The smallest absolute Gasteiger partial charge is 0.128 e. The highest BCUT2D eigenvalue weighted by atomic mass is 19.1. The summed E-state index contributed by atoms with van der Waals surface area (Å²) in [5.74, 6) is -0.722. The predicted octanol–water partition coefficient (Wildman–Crippen LogP) is 2.77. The first-order valence-corrected chi connectivity index (χ1v) is 7.42. The number of nitrogens with two attached hydrogens (primary N) is 1. The molecule has 2 N–H and O–H groups in total. The molecule has 0 aliphatic carbocycles. The summed E-state index contributed by atoms with van der Waals surface area (Å²) in [5, 5.41) is 0. The van der Waals surface area contributed by atoms with E-state index in [1.165, 1.54) is 12.1 Å². The first kappa shape index (κ1) is 16.3. The number of halogens is 2. The number of hydrogen-bond donors (Lipinski definition) is 1. The van der Waals surface area contributed by atoms with Gasteiger partial charge in [0.2, 0.25) is 0 Å². The number of benzene rings is 1. The number of nitrogens with zero attached hydrogens (tertiary/aromatic N) is 1. The van der Waals surface area contributed by atoms with E-state index >= 15 is 0 Å². The van der Waals surface area contributed by atoms with Crippen molar-refractivity contribution in [2.75, 3.05) is 20.2 Å². The van der Waals surface area contributed by atoms with Crippen molar-refractivity contribution in [3.05, 3.63) is 34.9 Å². The van der Waals surface area contributed by atoms with Crippen molar-refractivity contribution >= 4 is 0 Å². The van der Waals surface area contributed by atoms with Gasteiger partial charge < -0.3 is 10.5 Å². The molecule has 118 valence electrons. The first-order chi connectivity index (χ1) is 9.97. The van der Waals surface area contributed by atoms with Gasteiger partial charge in [-0.3, -0.25) is 4.90 Å². The fraction of sp³-hybridized carbons (Fsp3) is 0.625. The van der Waals surface area contributed by atoms with Crippen LogP contribution in [0.3, 0.4) is 0 Å². The highest BCUT2D eigenvalue weighted by Crippen LogP contribution is 2.31. The largest absolute Gasteiger partial charge is 0.381 e. The van der Waals surface area contributed by atoms with Gasteiger partial charge >= 0.3 is 0 Å². The average molecular weight is 298 g/mol. The molecule has 0 saturated carbocycles. The molecule has 1 saturated heterocycles. The van der Waals surface area contributed by atoms with Gasteiger partial charge in [0.1, 0.15) is 11.6 Å². The van der Waals surface area contributed by atoms with Crippen LogP contribution < -0.4 is 5.73 Å². The normalized spacial score (nSPS) is 25.0. The highest BCUT2D eigenvalue weighted by Gasteiger charge is 2.32. The van der Waals surface area contributed by atoms with Crippen LogP contribution in [0.25, 0.3) is 0 Å². The van der Waals surface area contributed by atoms with E-state index in [1.54, 1.807) is 14.0 Å². The first-order valence-electron chi connectivity index (χ1n) is 7.42. The molecule has 2 rings (SSSR count). The van der Waals surface area contributed by atoms with Gasteiger partial charge in [0, 0.05) is 37.8 Å². The second-order valence-corrected chi connectivity index (χ2v) is 5.81. The molecule has 5 heteroatoms. The summed E-state index contributed by atoms with van der Waals surface area (Å²) >= 11 is 0. The topological polar surface area (TPSA) is 38.5 Å². The molecule has 3 nitrogen and oxygen atoms in total. The summed E-state index contributed by atoms with van der Waals surface area (Å²) in [4.78, 5) is 2.16. The molecular formula is C16H24F2N2O. The minimum Gasteiger partial charge on any atom is -0.381 e. The van der Waals surface area contributed by atoms with Crippen LogP contribution in [0.5, 0.6) is 0 Å². The van der Waals surface area contributed by atoms with Crippen LogP contribution in [0.15, 0.2) is 12.1 Å². The third-order valence-electron chi connectivity index (χ3n) is 4.54. The molecule has 0 spiro atoms. The number of methoxy groups -OCH3 is 1. The number of ether oxygens (including phenoxy) is 1.